The Kier molecular flexibility index (Phi) is 4.43. The normalized spacial score (nSPS) is 12.9. The van der Waals surface area contributed by atoms with Crippen molar-refractivity contribution in [1.29, 1.82) is 5.26 Å². The molecule has 0 aliphatic heterocycles. The van der Waals surface area contributed by atoms with Gasteiger partial charge in [-0.2, -0.15) is 5.26 Å². The lowest BCUT2D eigenvalue weighted by molar-refractivity contribution is 0.542. The average molecular weight is 255 g/mol. The topological polar surface area (TPSA) is 103 Å². The van der Waals surface area contributed by atoms with Crippen molar-refractivity contribution in [2.45, 2.75) is 30.7 Å². The van der Waals surface area contributed by atoms with E-state index in [2.05, 4.69) is 9.71 Å². The van der Waals surface area contributed by atoms with Gasteiger partial charge in [0.2, 0.25) is 15.6 Å². The fraction of sp³-hybridized carbons (Fsp3) is 0.400. The number of aromatic nitrogens is 1. The molecular weight excluding hydrogens is 242 g/mol. The van der Waals surface area contributed by atoms with E-state index in [0.29, 0.717) is 6.42 Å². The quantitative estimate of drug-likeness (QED) is 0.792. The van der Waals surface area contributed by atoms with Crippen molar-refractivity contribution in [1.82, 2.24) is 9.71 Å². The molecule has 0 radical (unpaired) electrons. The van der Waals surface area contributed by atoms with Crippen LogP contribution in [-0.2, 0) is 10.0 Å². The number of hydrogen-bond donors (Lipinski definition) is 2. The van der Waals surface area contributed by atoms with E-state index in [1.165, 1.54) is 6.07 Å². The van der Waals surface area contributed by atoms with Crippen molar-refractivity contribution in [3.8, 4) is 6.07 Å². The second-order valence-electron chi connectivity index (χ2n) is 3.48. The lowest BCUT2D eigenvalue weighted by Crippen LogP contribution is -2.34. The number of hydrogen-bond acceptors (Lipinski definition) is 4. The lowest BCUT2D eigenvalue weighted by Gasteiger charge is -2.13. The summed E-state index contributed by atoms with van der Waals surface area (Å²) in [6.07, 6.45) is 1.76. The number of nitriles is 1. The molecule has 0 amide bonds. The van der Waals surface area contributed by atoms with Gasteiger partial charge in [-0.1, -0.05) is 6.92 Å². The molecule has 17 heavy (non-hydrogen) atoms. The molecule has 2 N–H and O–H groups in total. The van der Waals surface area contributed by atoms with Crippen molar-refractivity contribution in [2.75, 3.05) is 0 Å². The number of nitrogens with zero attached hydrogens (tertiary/aromatic N) is 1. The van der Waals surface area contributed by atoms with Crippen molar-refractivity contribution in [2.24, 2.45) is 0 Å². The Morgan fingerprint density at radius 2 is 2.24 bits per heavy atom. The van der Waals surface area contributed by atoms with Crippen LogP contribution >= 0.6 is 0 Å². The summed E-state index contributed by atoms with van der Waals surface area (Å²) >= 11 is 0. The van der Waals surface area contributed by atoms with Crippen LogP contribution in [-0.4, -0.2) is 19.4 Å². The summed E-state index contributed by atoms with van der Waals surface area (Å²) in [5.41, 5.74) is -0.368. The highest BCUT2D eigenvalue weighted by Gasteiger charge is 2.18. The van der Waals surface area contributed by atoms with Gasteiger partial charge in [-0.25, -0.2) is 13.1 Å². The number of nitrogens with one attached hydrogen (secondary N) is 2. The van der Waals surface area contributed by atoms with Crippen LogP contribution in [0, 0.1) is 11.3 Å². The van der Waals surface area contributed by atoms with Gasteiger partial charge in [0.05, 0.1) is 17.4 Å². The zero-order valence-corrected chi connectivity index (χ0v) is 10.1. The van der Waals surface area contributed by atoms with Gasteiger partial charge in [-0.15, -0.1) is 0 Å². The van der Waals surface area contributed by atoms with E-state index in [9.17, 15) is 13.2 Å². The second kappa shape index (κ2) is 5.61. The van der Waals surface area contributed by atoms with E-state index in [4.69, 9.17) is 5.26 Å². The first kappa shape index (κ1) is 13.4. The summed E-state index contributed by atoms with van der Waals surface area (Å²) in [7, 11) is -3.68. The molecule has 1 aromatic rings. The molecular formula is C10H13N3O3S. The first-order valence-corrected chi connectivity index (χ1v) is 6.56. The fourth-order valence-electron chi connectivity index (χ4n) is 1.23. The molecule has 6 nitrogen and oxygen atoms in total. The summed E-state index contributed by atoms with van der Waals surface area (Å²) in [6, 6.07) is 3.86. The van der Waals surface area contributed by atoms with Crippen LogP contribution in [0.25, 0.3) is 0 Å². The third kappa shape index (κ3) is 3.69. The van der Waals surface area contributed by atoms with Crippen molar-refractivity contribution < 1.29 is 8.42 Å². The Hall–Kier alpha value is -1.65. The zero-order chi connectivity index (χ0) is 12.9. The van der Waals surface area contributed by atoms with Crippen LogP contribution in [0.3, 0.4) is 0 Å². The van der Waals surface area contributed by atoms with Gasteiger partial charge in [0.25, 0.3) is 0 Å². The Labute approximate surface area is 99.3 Å². The van der Waals surface area contributed by atoms with Crippen molar-refractivity contribution >= 4 is 10.0 Å². The smallest absolute Gasteiger partial charge is 0.247 e. The van der Waals surface area contributed by atoms with Gasteiger partial charge in [0, 0.05) is 18.3 Å². The first-order chi connectivity index (χ1) is 7.99. The molecule has 0 aliphatic carbocycles. The molecule has 0 fully saturated rings. The van der Waals surface area contributed by atoms with Crippen molar-refractivity contribution in [3.63, 3.8) is 0 Å². The van der Waals surface area contributed by atoms with Crippen LogP contribution in [0.2, 0.25) is 0 Å². The number of sulfonamides is 1. The molecule has 7 heteroatoms. The summed E-state index contributed by atoms with van der Waals surface area (Å²) in [5.74, 6) is 0. The molecule has 0 aliphatic rings. The van der Waals surface area contributed by atoms with E-state index in [0.717, 1.165) is 12.3 Å². The zero-order valence-electron chi connectivity index (χ0n) is 9.30. The molecule has 0 aromatic carbocycles. The fourth-order valence-corrected chi connectivity index (χ4v) is 2.52. The highest BCUT2D eigenvalue weighted by atomic mass is 32.2. The minimum Gasteiger partial charge on any atom is -0.328 e. The van der Waals surface area contributed by atoms with E-state index in [1.54, 1.807) is 6.92 Å². The molecule has 0 spiro atoms. The minimum absolute atomic E-state index is 0.0199. The standard InChI is InChI=1S/C10H13N3O3S/c1-2-8(5-6-11)13-17(15,16)9-3-4-10(14)12-7-9/h3-4,7-8,13H,2,5H2,1H3,(H,12,14). The van der Waals surface area contributed by atoms with Gasteiger partial charge in [-0.3, -0.25) is 4.79 Å². The molecule has 1 atom stereocenters. The summed E-state index contributed by atoms with van der Waals surface area (Å²) < 4.78 is 26.1. The van der Waals surface area contributed by atoms with E-state index in [1.807, 2.05) is 6.07 Å². The monoisotopic (exact) mass is 255 g/mol. The summed E-state index contributed by atoms with van der Waals surface area (Å²) in [4.78, 5) is 13.1. The van der Waals surface area contributed by atoms with Crippen LogP contribution in [0.1, 0.15) is 19.8 Å². The molecule has 1 rings (SSSR count). The Morgan fingerprint density at radius 3 is 2.71 bits per heavy atom. The summed E-state index contributed by atoms with van der Waals surface area (Å²) in [6.45, 7) is 1.79. The third-order valence-corrected chi connectivity index (χ3v) is 3.74. The van der Waals surface area contributed by atoms with Gasteiger partial charge in [-0.05, 0) is 12.5 Å². The van der Waals surface area contributed by atoms with Gasteiger partial charge >= 0.3 is 0 Å². The molecule has 92 valence electrons. The predicted molar refractivity (Wildman–Crippen MR) is 61.7 cm³/mol. The molecule has 1 unspecified atom stereocenters. The van der Waals surface area contributed by atoms with Crippen LogP contribution in [0.5, 0.6) is 0 Å². The second-order valence-corrected chi connectivity index (χ2v) is 5.19. The largest absolute Gasteiger partial charge is 0.328 e. The SMILES string of the molecule is CCC(CC#N)NS(=O)(=O)c1ccc(=O)[nH]c1. The maximum Gasteiger partial charge on any atom is 0.247 e. The third-order valence-electron chi connectivity index (χ3n) is 2.22. The van der Waals surface area contributed by atoms with Crippen molar-refractivity contribution in [3.05, 3.63) is 28.7 Å². The number of aromatic amines is 1. The van der Waals surface area contributed by atoms with Crippen LogP contribution in [0.4, 0.5) is 0 Å². The highest BCUT2D eigenvalue weighted by molar-refractivity contribution is 7.89. The molecule has 1 aromatic heterocycles. The number of H-pyrrole nitrogens is 1. The molecule has 1 heterocycles. The first-order valence-electron chi connectivity index (χ1n) is 5.07. The van der Waals surface area contributed by atoms with E-state index in [-0.39, 0.29) is 16.9 Å². The van der Waals surface area contributed by atoms with E-state index >= 15 is 0 Å². The Bertz CT molecular complexity index is 551. The predicted octanol–water partition coefficient (Wildman–Crippen LogP) is 0.345. The number of rotatable bonds is 5. The van der Waals surface area contributed by atoms with Gasteiger partial charge < -0.3 is 4.98 Å². The maximum atomic E-state index is 11.8. The molecule has 0 saturated heterocycles. The molecule has 0 saturated carbocycles. The summed E-state index contributed by atoms with van der Waals surface area (Å²) in [5, 5.41) is 8.54. The van der Waals surface area contributed by atoms with Gasteiger partial charge in [0.15, 0.2) is 0 Å². The average Bonchev–Trinajstić information content (AvgIpc) is 2.28. The van der Waals surface area contributed by atoms with Gasteiger partial charge in [0.1, 0.15) is 0 Å². The lowest BCUT2D eigenvalue weighted by atomic mass is 10.2. The number of pyridine rings is 1. The highest BCUT2D eigenvalue weighted by Crippen LogP contribution is 2.07. The Balaban J connectivity index is 2.92. The maximum absolute atomic E-state index is 11.8. The van der Waals surface area contributed by atoms with Crippen LogP contribution in [0.15, 0.2) is 28.0 Å². The molecule has 0 bridgehead atoms. The van der Waals surface area contributed by atoms with E-state index < -0.39 is 16.1 Å². The Morgan fingerprint density at radius 1 is 1.53 bits per heavy atom. The van der Waals surface area contributed by atoms with Crippen LogP contribution < -0.4 is 10.3 Å². The minimum atomic E-state index is -3.68.